The summed E-state index contributed by atoms with van der Waals surface area (Å²) in [5.74, 6) is -1.58. The molecule has 1 atom stereocenters. The Morgan fingerprint density at radius 1 is 1.32 bits per heavy atom. The van der Waals surface area contributed by atoms with E-state index in [4.69, 9.17) is 4.74 Å². The molecule has 0 saturated heterocycles. The van der Waals surface area contributed by atoms with Gasteiger partial charge in [-0.3, -0.25) is 0 Å². The fraction of sp³-hybridized carbons (Fsp3) is 0.600. The molecule has 1 saturated carbocycles. The minimum Gasteiger partial charge on any atom is -0.376 e. The molecular formula is C15H21F2NO. The van der Waals surface area contributed by atoms with E-state index in [0.717, 1.165) is 18.9 Å². The third kappa shape index (κ3) is 3.74. The molecule has 0 amide bonds. The van der Waals surface area contributed by atoms with Crippen LogP contribution in [0.25, 0.3) is 0 Å². The van der Waals surface area contributed by atoms with Gasteiger partial charge in [0, 0.05) is 5.56 Å². The van der Waals surface area contributed by atoms with Crippen LogP contribution >= 0.6 is 0 Å². The molecule has 1 aromatic rings. The van der Waals surface area contributed by atoms with Crippen LogP contribution in [0.5, 0.6) is 0 Å². The monoisotopic (exact) mass is 269 g/mol. The van der Waals surface area contributed by atoms with Gasteiger partial charge in [-0.05, 0) is 25.5 Å². The minimum atomic E-state index is -0.804. The molecule has 0 aliphatic heterocycles. The molecule has 19 heavy (non-hydrogen) atoms. The van der Waals surface area contributed by atoms with Gasteiger partial charge in [0.05, 0.1) is 18.8 Å². The zero-order chi connectivity index (χ0) is 13.7. The molecule has 1 aliphatic carbocycles. The van der Waals surface area contributed by atoms with E-state index in [9.17, 15) is 8.78 Å². The van der Waals surface area contributed by atoms with Gasteiger partial charge in [0.2, 0.25) is 0 Å². The Labute approximate surface area is 113 Å². The van der Waals surface area contributed by atoms with Gasteiger partial charge in [-0.1, -0.05) is 31.9 Å². The van der Waals surface area contributed by atoms with Crippen molar-refractivity contribution in [2.75, 3.05) is 13.2 Å². The predicted molar refractivity (Wildman–Crippen MR) is 71.0 cm³/mol. The van der Waals surface area contributed by atoms with Gasteiger partial charge in [-0.15, -0.1) is 0 Å². The van der Waals surface area contributed by atoms with Gasteiger partial charge in [-0.2, -0.15) is 0 Å². The highest BCUT2D eigenvalue weighted by Gasteiger charge is 2.21. The quantitative estimate of drug-likeness (QED) is 0.852. The van der Waals surface area contributed by atoms with Crippen molar-refractivity contribution in [1.29, 1.82) is 0 Å². The summed E-state index contributed by atoms with van der Waals surface area (Å²) in [6.07, 6.45) is 4.82. The van der Waals surface area contributed by atoms with Crippen molar-refractivity contribution < 1.29 is 13.5 Å². The van der Waals surface area contributed by atoms with Gasteiger partial charge >= 0.3 is 0 Å². The van der Waals surface area contributed by atoms with Gasteiger partial charge in [-0.25, -0.2) is 8.78 Å². The first kappa shape index (κ1) is 14.4. The summed E-state index contributed by atoms with van der Waals surface area (Å²) in [6, 6.07) is 4.00. The molecule has 0 aromatic heterocycles. The van der Waals surface area contributed by atoms with Crippen molar-refractivity contribution in [2.24, 2.45) is 0 Å². The van der Waals surface area contributed by atoms with Crippen LogP contribution in [0.3, 0.4) is 0 Å². The third-order valence-electron chi connectivity index (χ3n) is 3.61. The standard InChI is InChI=1S/C15H21F2NO/c1-2-18-14(10-19-11-6-3-4-7-11)12-8-5-9-13(16)15(12)17/h5,8-9,11,14,18H,2-4,6-7,10H2,1H3. The second kappa shape index (κ2) is 6.96. The van der Waals surface area contributed by atoms with E-state index in [-0.39, 0.29) is 12.1 Å². The number of hydrogen-bond donors (Lipinski definition) is 1. The second-order valence-electron chi connectivity index (χ2n) is 4.99. The van der Waals surface area contributed by atoms with Crippen molar-refractivity contribution >= 4 is 0 Å². The Kier molecular flexibility index (Phi) is 5.28. The van der Waals surface area contributed by atoms with Gasteiger partial charge in [0.1, 0.15) is 0 Å². The van der Waals surface area contributed by atoms with E-state index in [1.807, 2.05) is 6.92 Å². The first-order valence-electron chi connectivity index (χ1n) is 7.01. The molecule has 0 bridgehead atoms. The van der Waals surface area contributed by atoms with Crippen molar-refractivity contribution in [3.05, 3.63) is 35.4 Å². The average Bonchev–Trinajstić information content (AvgIpc) is 2.91. The highest BCUT2D eigenvalue weighted by Crippen LogP contribution is 2.24. The van der Waals surface area contributed by atoms with Crippen LogP contribution in [-0.4, -0.2) is 19.3 Å². The number of likely N-dealkylation sites (N-methyl/N-ethyl adjacent to an activating group) is 1. The maximum atomic E-state index is 13.8. The van der Waals surface area contributed by atoms with Gasteiger partial charge < -0.3 is 10.1 Å². The van der Waals surface area contributed by atoms with E-state index in [2.05, 4.69) is 5.32 Å². The van der Waals surface area contributed by atoms with Crippen LogP contribution in [0.4, 0.5) is 8.78 Å². The topological polar surface area (TPSA) is 21.3 Å². The van der Waals surface area contributed by atoms with Crippen LogP contribution < -0.4 is 5.32 Å². The zero-order valence-corrected chi connectivity index (χ0v) is 11.3. The van der Waals surface area contributed by atoms with E-state index in [1.54, 1.807) is 6.07 Å². The molecule has 1 aliphatic rings. The Morgan fingerprint density at radius 3 is 2.74 bits per heavy atom. The number of hydrogen-bond acceptors (Lipinski definition) is 2. The molecule has 1 unspecified atom stereocenters. The van der Waals surface area contributed by atoms with Crippen LogP contribution in [0.1, 0.15) is 44.2 Å². The first-order chi connectivity index (χ1) is 9.22. The van der Waals surface area contributed by atoms with E-state index >= 15 is 0 Å². The Balaban J connectivity index is 2.03. The third-order valence-corrected chi connectivity index (χ3v) is 3.61. The molecule has 0 radical (unpaired) electrons. The molecule has 1 aromatic carbocycles. The maximum absolute atomic E-state index is 13.8. The summed E-state index contributed by atoms with van der Waals surface area (Å²) in [6.45, 7) is 3.02. The van der Waals surface area contributed by atoms with E-state index in [0.29, 0.717) is 18.7 Å². The van der Waals surface area contributed by atoms with E-state index in [1.165, 1.54) is 18.9 Å². The molecule has 2 nitrogen and oxygen atoms in total. The lowest BCUT2D eigenvalue weighted by atomic mass is 10.1. The lowest BCUT2D eigenvalue weighted by molar-refractivity contribution is 0.0421. The Morgan fingerprint density at radius 2 is 2.05 bits per heavy atom. The number of halogens is 2. The Hall–Kier alpha value is -1.00. The molecular weight excluding hydrogens is 248 g/mol. The zero-order valence-electron chi connectivity index (χ0n) is 11.3. The fourth-order valence-electron chi connectivity index (χ4n) is 2.58. The largest absolute Gasteiger partial charge is 0.376 e. The van der Waals surface area contributed by atoms with Crippen LogP contribution in [0.2, 0.25) is 0 Å². The van der Waals surface area contributed by atoms with E-state index < -0.39 is 11.6 Å². The predicted octanol–water partition coefficient (Wildman–Crippen LogP) is 3.57. The SMILES string of the molecule is CCNC(COC1CCCC1)c1cccc(F)c1F. The van der Waals surface area contributed by atoms with Crippen LogP contribution in [0.15, 0.2) is 18.2 Å². The molecule has 106 valence electrons. The van der Waals surface area contributed by atoms with Crippen molar-refractivity contribution in [3.8, 4) is 0 Å². The second-order valence-corrected chi connectivity index (χ2v) is 4.99. The van der Waals surface area contributed by atoms with Gasteiger partial charge in [0.25, 0.3) is 0 Å². The molecule has 0 heterocycles. The molecule has 1 N–H and O–H groups in total. The summed E-state index contributed by atoms with van der Waals surface area (Å²) >= 11 is 0. The number of ether oxygens (including phenoxy) is 1. The maximum Gasteiger partial charge on any atom is 0.163 e. The first-order valence-corrected chi connectivity index (χ1v) is 7.01. The molecule has 4 heteroatoms. The average molecular weight is 269 g/mol. The molecule has 0 spiro atoms. The van der Waals surface area contributed by atoms with Crippen molar-refractivity contribution in [2.45, 2.75) is 44.8 Å². The van der Waals surface area contributed by atoms with Crippen LogP contribution in [-0.2, 0) is 4.74 Å². The summed E-state index contributed by atoms with van der Waals surface area (Å²) < 4.78 is 32.9. The van der Waals surface area contributed by atoms with Crippen molar-refractivity contribution in [3.63, 3.8) is 0 Å². The van der Waals surface area contributed by atoms with Crippen LogP contribution in [0, 0.1) is 11.6 Å². The lowest BCUT2D eigenvalue weighted by Crippen LogP contribution is -2.28. The lowest BCUT2D eigenvalue weighted by Gasteiger charge is -2.21. The highest BCUT2D eigenvalue weighted by molar-refractivity contribution is 5.22. The molecule has 2 rings (SSSR count). The van der Waals surface area contributed by atoms with Crippen molar-refractivity contribution in [1.82, 2.24) is 5.32 Å². The summed E-state index contributed by atoms with van der Waals surface area (Å²) in [7, 11) is 0. The smallest absolute Gasteiger partial charge is 0.163 e. The highest BCUT2D eigenvalue weighted by atomic mass is 19.2. The summed E-state index contributed by atoms with van der Waals surface area (Å²) in [5.41, 5.74) is 0.347. The fourth-order valence-corrected chi connectivity index (χ4v) is 2.58. The molecule has 1 fully saturated rings. The summed E-state index contributed by atoms with van der Waals surface area (Å²) in [4.78, 5) is 0. The minimum absolute atomic E-state index is 0.276. The number of rotatable bonds is 6. The normalized spacial score (nSPS) is 17.8. The number of benzene rings is 1. The van der Waals surface area contributed by atoms with Gasteiger partial charge in [0.15, 0.2) is 11.6 Å². The Bertz CT molecular complexity index is 405. The number of nitrogens with one attached hydrogen (secondary N) is 1. The summed E-state index contributed by atoms with van der Waals surface area (Å²) in [5, 5.41) is 3.16.